The number of aromatic nitrogens is 3. The van der Waals surface area contributed by atoms with Crippen LogP contribution in [0.1, 0.15) is 55.7 Å². The van der Waals surface area contributed by atoms with Crippen LogP contribution in [0.3, 0.4) is 0 Å². The molecule has 1 atom stereocenters. The van der Waals surface area contributed by atoms with Gasteiger partial charge >= 0.3 is 5.97 Å². The minimum absolute atomic E-state index is 0.270. The van der Waals surface area contributed by atoms with E-state index in [9.17, 15) is 9.90 Å². The number of halogens is 2. The minimum Gasteiger partial charge on any atom is -0.490 e. The van der Waals surface area contributed by atoms with E-state index in [-0.39, 0.29) is 5.75 Å². The zero-order valence-corrected chi connectivity index (χ0v) is 23.6. The molecule has 1 aliphatic rings. The largest absolute Gasteiger partial charge is 0.490 e. The number of hydrogen-bond donors (Lipinski definition) is 1. The zero-order chi connectivity index (χ0) is 28.2. The van der Waals surface area contributed by atoms with Crippen LogP contribution in [0.5, 0.6) is 5.75 Å². The van der Waals surface area contributed by atoms with E-state index < -0.39 is 23.5 Å². The zero-order valence-electron chi connectivity index (χ0n) is 22.9. The minimum atomic E-state index is -1.33. The van der Waals surface area contributed by atoms with Gasteiger partial charge in [-0.3, -0.25) is 0 Å². The van der Waals surface area contributed by atoms with Crippen molar-refractivity contribution in [2.45, 2.75) is 59.2 Å². The Morgan fingerprint density at radius 2 is 2.00 bits per heavy atom. The molecule has 0 spiro atoms. The summed E-state index contributed by atoms with van der Waals surface area (Å²) in [7, 11) is 1.89. The third-order valence-electron chi connectivity index (χ3n) is 7.09. The molecule has 0 fully saturated rings. The SMILES string of the molecule is Cc1nc2c(cc(-c3ccnc(Cl)c3)n2C)c(-c2cc(F)c3c(c2C)CCCO3)c1C(OC(C)(C)C)C(=O)O. The lowest BCUT2D eigenvalue weighted by Gasteiger charge is -2.29. The van der Waals surface area contributed by atoms with E-state index in [1.165, 1.54) is 6.07 Å². The number of rotatable bonds is 5. The van der Waals surface area contributed by atoms with E-state index in [1.807, 2.05) is 30.7 Å². The Morgan fingerprint density at radius 1 is 1.26 bits per heavy atom. The van der Waals surface area contributed by atoms with Crippen molar-refractivity contribution in [3.63, 3.8) is 0 Å². The molecule has 1 aliphatic heterocycles. The maximum Gasteiger partial charge on any atom is 0.337 e. The second-order valence-corrected chi connectivity index (χ2v) is 11.3. The summed E-state index contributed by atoms with van der Waals surface area (Å²) in [5, 5.41) is 11.4. The summed E-state index contributed by atoms with van der Waals surface area (Å²) in [4.78, 5) is 21.6. The highest BCUT2D eigenvalue weighted by molar-refractivity contribution is 6.29. The fourth-order valence-corrected chi connectivity index (χ4v) is 5.58. The molecule has 0 radical (unpaired) electrons. The molecule has 3 aromatic heterocycles. The maximum atomic E-state index is 15.5. The molecule has 39 heavy (non-hydrogen) atoms. The van der Waals surface area contributed by atoms with Crippen LogP contribution in [0.25, 0.3) is 33.4 Å². The normalized spacial score (nSPS) is 14.3. The summed E-state index contributed by atoms with van der Waals surface area (Å²) in [6.07, 6.45) is 1.74. The Morgan fingerprint density at radius 3 is 2.67 bits per heavy atom. The first-order valence-electron chi connectivity index (χ1n) is 12.8. The average molecular weight is 552 g/mol. The van der Waals surface area contributed by atoms with Gasteiger partial charge < -0.3 is 19.1 Å². The van der Waals surface area contributed by atoms with Crippen molar-refractivity contribution in [3.8, 4) is 28.1 Å². The summed E-state index contributed by atoms with van der Waals surface area (Å²) < 4.78 is 29.3. The van der Waals surface area contributed by atoms with Crippen LogP contribution in [0.2, 0.25) is 5.15 Å². The van der Waals surface area contributed by atoms with Crippen molar-refractivity contribution < 1.29 is 23.8 Å². The molecule has 0 aliphatic carbocycles. The predicted octanol–water partition coefficient (Wildman–Crippen LogP) is 6.98. The summed E-state index contributed by atoms with van der Waals surface area (Å²) in [6.45, 7) is 9.57. The molecule has 1 N–H and O–H groups in total. The summed E-state index contributed by atoms with van der Waals surface area (Å²) in [6, 6.07) is 6.99. The highest BCUT2D eigenvalue weighted by Crippen LogP contribution is 2.45. The van der Waals surface area contributed by atoms with Crippen LogP contribution >= 0.6 is 11.6 Å². The molecule has 1 aromatic carbocycles. The monoisotopic (exact) mass is 551 g/mol. The van der Waals surface area contributed by atoms with Crippen LogP contribution in [-0.2, 0) is 23.0 Å². The number of fused-ring (bicyclic) bond motifs is 2. The quantitative estimate of drug-likeness (QED) is 0.269. The van der Waals surface area contributed by atoms with Crippen LogP contribution in [0.15, 0.2) is 30.5 Å². The molecule has 204 valence electrons. The first-order chi connectivity index (χ1) is 18.4. The Balaban J connectivity index is 1.91. The fourth-order valence-electron chi connectivity index (χ4n) is 5.41. The molecule has 4 heterocycles. The van der Waals surface area contributed by atoms with Gasteiger partial charge in [0.05, 0.1) is 17.9 Å². The second-order valence-electron chi connectivity index (χ2n) is 10.9. The number of hydrogen-bond acceptors (Lipinski definition) is 5. The Bertz CT molecular complexity index is 1620. The fraction of sp³-hybridized carbons (Fsp3) is 0.367. The molecule has 5 rings (SSSR count). The number of aliphatic carboxylic acids is 1. The lowest BCUT2D eigenvalue weighted by molar-refractivity contribution is -0.160. The van der Waals surface area contributed by atoms with Gasteiger partial charge in [0, 0.05) is 46.6 Å². The third-order valence-corrected chi connectivity index (χ3v) is 7.30. The van der Waals surface area contributed by atoms with Gasteiger partial charge in [-0.25, -0.2) is 19.2 Å². The van der Waals surface area contributed by atoms with E-state index >= 15 is 4.39 Å². The number of carboxylic acids is 1. The van der Waals surface area contributed by atoms with Crippen LogP contribution in [-0.4, -0.2) is 37.8 Å². The third kappa shape index (κ3) is 4.87. The van der Waals surface area contributed by atoms with E-state index in [1.54, 1.807) is 40.0 Å². The maximum absolute atomic E-state index is 15.5. The summed E-state index contributed by atoms with van der Waals surface area (Å²) in [5.41, 5.74) is 5.20. The van der Waals surface area contributed by atoms with Crippen LogP contribution in [0, 0.1) is 19.7 Å². The smallest absolute Gasteiger partial charge is 0.337 e. The number of benzene rings is 1. The van der Waals surface area contributed by atoms with Crippen molar-refractivity contribution in [2.75, 3.05) is 6.61 Å². The number of aryl methyl sites for hydroxylation is 2. The predicted molar refractivity (Wildman–Crippen MR) is 149 cm³/mol. The topological polar surface area (TPSA) is 86.5 Å². The van der Waals surface area contributed by atoms with Crippen molar-refractivity contribution in [1.29, 1.82) is 0 Å². The van der Waals surface area contributed by atoms with Gasteiger partial charge in [0.1, 0.15) is 10.8 Å². The van der Waals surface area contributed by atoms with Gasteiger partial charge in [-0.2, -0.15) is 0 Å². The first kappa shape index (κ1) is 27.1. The second kappa shape index (κ2) is 9.92. The highest BCUT2D eigenvalue weighted by atomic mass is 35.5. The molecule has 4 aromatic rings. The van der Waals surface area contributed by atoms with Crippen molar-refractivity contribution in [2.24, 2.45) is 7.05 Å². The Hall–Kier alpha value is -3.49. The number of carbonyl (C=O) groups is 1. The molecule has 0 saturated heterocycles. The molecule has 0 amide bonds. The number of carboxylic acid groups (broad SMARTS) is 1. The Labute approximate surface area is 231 Å². The molecule has 7 nitrogen and oxygen atoms in total. The number of ether oxygens (including phenoxy) is 2. The first-order valence-corrected chi connectivity index (χ1v) is 13.2. The van der Waals surface area contributed by atoms with Crippen molar-refractivity contribution in [3.05, 3.63) is 63.8 Å². The van der Waals surface area contributed by atoms with Crippen molar-refractivity contribution in [1.82, 2.24) is 14.5 Å². The van der Waals surface area contributed by atoms with Gasteiger partial charge in [0.2, 0.25) is 0 Å². The molecule has 0 bridgehead atoms. The lowest BCUT2D eigenvalue weighted by Crippen LogP contribution is -2.28. The van der Waals surface area contributed by atoms with Gasteiger partial charge in [0.15, 0.2) is 17.7 Å². The van der Waals surface area contributed by atoms with Gasteiger partial charge in [0.25, 0.3) is 0 Å². The van der Waals surface area contributed by atoms with E-state index in [0.29, 0.717) is 51.6 Å². The van der Waals surface area contributed by atoms with E-state index in [4.69, 9.17) is 26.1 Å². The van der Waals surface area contributed by atoms with E-state index in [0.717, 1.165) is 28.8 Å². The van der Waals surface area contributed by atoms with Gasteiger partial charge in [-0.1, -0.05) is 11.6 Å². The average Bonchev–Trinajstić information content (AvgIpc) is 3.19. The molecule has 9 heteroatoms. The van der Waals surface area contributed by atoms with E-state index in [2.05, 4.69) is 4.98 Å². The molecular weight excluding hydrogens is 521 g/mol. The lowest BCUT2D eigenvalue weighted by atomic mass is 9.86. The molecule has 1 unspecified atom stereocenters. The van der Waals surface area contributed by atoms with Crippen molar-refractivity contribution >= 4 is 28.6 Å². The Kier molecular flexibility index (Phi) is 6.89. The molecule has 0 saturated carbocycles. The van der Waals surface area contributed by atoms with Gasteiger partial charge in [-0.05, 0) is 82.9 Å². The summed E-state index contributed by atoms with van der Waals surface area (Å²) >= 11 is 6.20. The number of pyridine rings is 2. The summed E-state index contributed by atoms with van der Waals surface area (Å²) in [5.74, 6) is -1.35. The number of nitrogens with zero attached hydrogens (tertiary/aromatic N) is 3. The van der Waals surface area contributed by atoms with Crippen LogP contribution < -0.4 is 4.74 Å². The van der Waals surface area contributed by atoms with Crippen LogP contribution in [0.4, 0.5) is 4.39 Å². The standard InChI is InChI=1S/C30H31ClFN3O4/c1-15-18-8-7-11-38-26(18)21(32)13-19(15)25-20-14-22(17-9-10-33-23(31)12-17)35(6)28(20)34-16(2)24(25)27(29(36)37)39-30(3,4)5/h9-10,12-14,27H,7-8,11H2,1-6H3,(H,36,37). The highest BCUT2D eigenvalue weighted by Gasteiger charge is 2.34. The van der Waals surface area contributed by atoms with Gasteiger partial charge in [-0.15, -0.1) is 0 Å². The molecular formula is C30H31ClFN3O4.